The van der Waals surface area contributed by atoms with Gasteiger partial charge in [0.25, 0.3) is 5.69 Å². The van der Waals surface area contributed by atoms with Crippen molar-refractivity contribution in [2.45, 2.75) is 46.1 Å². The van der Waals surface area contributed by atoms with E-state index in [0.29, 0.717) is 21.8 Å². The van der Waals surface area contributed by atoms with Gasteiger partial charge < -0.3 is 5.32 Å². The SMILES string of the molecule is CC1CC(C)(C)CCC1Nc1ccc([N+](=O)[O-])c(Br)c1. The maximum atomic E-state index is 10.8. The second kappa shape index (κ2) is 5.72. The zero-order chi connectivity index (χ0) is 14.9. The van der Waals surface area contributed by atoms with Crippen LogP contribution in [0.2, 0.25) is 0 Å². The molecule has 1 saturated carbocycles. The van der Waals surface area contributed by atoms with Crippen molar-refractivity contribution >= 4 is 27.3 Å². The van der Waals surface area contributed by atoms with Gasteiger partial charge in [-0.1, -0.05) is 20.8 Å². The van der Waals surface area contributed by atoms with Crippen LogP contribution in [0.4, 0.5) is 11.4 Å². The number of hydrogen-bond donors (Lipinski definition) is 1. The maximum Gasteiger partial charge on any atom is 0.283 e. The largest absolute Gasteiger partial charge is 0.382 e. The second-order valence-electron chi connectivity index (χ2n) is 6.56. The summed E-state index contributed by atoms with van der Waals surface area (Å²) < 4.78 is 0.524. The zero-order valence-electron chi connectivity index (χ0n) is 12.1. The lowest BCUT2D eigenvalue weighted by Crippen LogP contribution is -2.36. The van der Waals surface area contributed by atoms with E-state index in [0.717, 1.165) is 12.1 Å². The molecular formula is C15H21BrN2O2. The molecule has 1 aromatic carbocycles. The Morgan fingerprint density at radius 3 is 2.70 bits per heavy atom. The summed E-state index contributed by atoms with van der Waals surface area (Å²) in [6, 6.07) is 5.57. The van der Waals surface area contributed by atoms with Crippen LogP contribution in [0.1, 0.15) is 40.0 Å². The Morgan fingerprint density at radius 2 is 2.15 bits per heavy atom. The van der Waals surface area contributed by atoms with Crippen LogP contribution >= 0.6 is 15.9 Å². The molecule has 0 spiro atoms. The van der Waals surface area contributed by atoms with Gasteiger partial charge >= 0.3 is 0 Å². The van der Waals surface area contributed by atoms with Crippen LogP contribution in [0.15, 0.2) is 22.7 Å². The van der Waals surface area contributed by atoms with Crippen LogP contribution in [0, 0.1) is 21.4 Å². The Bertz CT molecular complexity index is 517. The fraction of sp³-hybridized carbons (Fsp3) is 0.600. The fourth-order valence-electron chi connectivity index (χ4n) is 3.12. The van der Waals surface area contributed by atoms with E-state index in [1.54, 1.807) is 18.2 Å². The number of hydrogen-bond acceptors (Lipinski definition) is 3. The van der Waals surface area contributed by atoms with Crippen LogP contribution in [0.3, 0.4) is 0 Å². The van der Waals surface area contributed by atoms with Gasteiger partial charge in [0.1, 0.15) is 0 Å². The summed E-state index contributed by atoms with van der Waals surface area (Å²) in [5.41, 5.74) is 1.47. The number of nitro groups is 1. The summed E-state index contributed by atoms with van der Waals surface area (Å²) in [6.45, 7) is 6.92. The average molecular weight is 341 g/mol. The first kappa shape index (κ1) is 15.3. The Hall–Kier alpha value is -1.10. The number of nitrogens with zero attached hydrogens (tertiary/aromatic N) is 1. The van der Waals surface area contributed by atoms with Crippen LogP contribution in [0.5, 0.6) is 0 Å². The summed E-state index contributed by atoms with van der Waals surface area (Å²) in [6.07, 6.45) is 3.56. The standard InChI is InChI=1S/C15H21BrN2O2/c1-10-9-15(2,3)7-6-13(10)17-11-4-5-14(18(19)20)12(16)8-11/h4-5,8,10,13,17H,6-7,9H2,1-3H3. The highest BCUT2D eigenvalue weighted by Crippen LogP contribution is 2.40. The molecule has 1 aromatic rings. The molecule has 2 atom stereocenters. The van der Waals surface area contributed by atoms with E-state index in [1.165, 1.54) is 12.8 Å². The minimum atomic E-state index is -0.375. The van der Waals surface area contributed by atoms with Crippen LogP contribution in [-0.2, 0) is 0 Å². The molecule has 5 heteroatoms. The molecule has 1 aliphatic carbocycles. The van der Waals surface area contributed by atoms with Crippen molar-refractivity contribution in [3.05, 3.63) is 32.8 Å². The van der Waals surface area contributed by atoms with Crippen molar-refractivity contribution in [3.8, 4) is 0 Å². The predicted octanol–water partition coefficient (Wildman–Crippen LogP) is 4.98. The molecule has 1 aliphatic rings. The third kappa shape index (κ3) is 3.51. The van der Waals surface area contributed by atoms with Crippen LogP contribution in [-0.4, -0.2) is 11.0 Å². The van der Waals surface area contributed by atoms with Gasteiger partial charge in [0.15, 0.2) is 0 Å². The normalized spacial score (nSPS) is 25.2. The molecule has 0 saturated heterocycles. The first-order valence-electron chi connectivity index (χ1n) is 6.99. The van der Waals surface area contributed by atoms with Crippen molar-refractivity contribution in [2.75, 3.05) is 5.32 Å². The molecule has 0 radical (unpaired) electrons. The molecule has 1 fully saturated rings. The number of nitro benzene ring substituents is 1. The van der Waals surface area contributed by atoms with Crippen molar-refractivity contribution in [1.29, 1.82) is 0 Å². The molecule has 2 unspecified atom stereocenters. The third-order valence-corrected chi connectivity index (χ3v) is 4.83. The first-order chi connectivity index (χ1) is 9.28. The molecular weight excluding hydrogens is 320 g/mol. The molecule has 110 valence electrons. The van der Waals surface area contributed by atoms with Gasteiger partial charge in [-0.25, -0.2) is 0 Å². The quantitative estimate of drug-likeness (QED) is 0.623. The topological polar surface area (TPSA) is 55.2 Å². The van der Waals surface area contributed by atoms with Crippen LogP contribution in [0.25, 0.3) is 0 Å². The van der Waals surface area contributed by atoms with E-state index in [-0.39, 0.29) is 10.6 Å². The highest BCUT2D eigenvalue weighted by molar-refractivity contribution is 9.10. The Balaban J connectivity index is 2.07. The number of rotatable bonds is 3. The van der Waals surface area contributed by atoms with E-state index < -0.39 is 0 Å². The van der Waals surface area contributed by atoms with E-state index in [2.05, 4.69) is 42.0 Å². The minimum Gasteiger partial charge on any atom is -0.382 e. The third-order valence-electron chi connectivity index (χ3n) is 4.19. The molecule has 2 rings (SSSR count). The fourth-order valence-corrected chi connectivity index (χ4v) is 3.64. The van der Waals surface area contributed by atoms with Gasteiger partial charge in [0.2, 0.25) is 0 Å². The molecule has 0 bridgehead atoms. The molecule has 0 aromatic heterocycles. The lowest BCUT2D eigenvalue weighted by atomic mass is 9.70. The van der Waals surface area contributed by atoms with Gasteiger partial charge in [0.05, 0.1) is 9.40 Å². The summed E-state index contributed by atoms with van der Waals surface area (Å²) in [4.78, 5) is 10.4. The van der Waals surface area contributed by atoms with Gasteiger partial charge in [-0.05, 0) is 58.7 Å². The van der Waals surface area contributed by atoms with Crippen molar-refractivity contribution in [3.63, 3.8) is 0 Å². The van der Waals surface area contributed by atoms with Gasteiger partial charge in [-0.15, -0.1) is 0 Å². The molecule has 4 nitrogen and oxygen atoms in total. The average Bonchev–Trinajstić information content (AvgIpc) is 2.32. The highest BCUT2D eigenvalue weighted by Gasteiger charge is 2.32. The van der Waals surface area contributed by atoms with Gasteiger partial charge in [-0.2, -0.15) is 0 Å². The van der Waals surface area contributed by atoms with Crippen molar-refractivity contribution in [2.24, 2.45) is 11.3 Å². The maximum absolute atomic E-state index is 10.8. The number of nitrogens with one attached hydrogen (secondary N) is 1. The molecule has 0 amide bonds. The summed E-state index contributed by atoms with van der Waals surface area (Å²) in [7, 11) is 0. The number of benzene rings is 1. The second-order valence-corrected chi connectivity index (χ2v) is 7.41. The molecule has 0 heterocycles. The minimum absolute atomic E-state index is 0.105. The Morgan fingerprint density at radius 1 is 1.45 bits per heavy atom. The monoisotopic (exact) mass is 340 g/mol. The van der Waals surface area contributed by atoms with E-state index in [4.69, 9.17) is 0 Å². The van der Waals surface area contributed by atoms with E-state index in [1.807, 2.05) is 0 Å². The molecule has 0 aliphatic heterocycles. The first-order valence-corrected chi connectivity index (χ1v) is 7.78. The Labute approximate surface area is 128 Å². The predicted molar refractivity (Wildman–Crippen MR) is 85.0 cm³/mol. The molecule has 20 heavy (non-hydrogen) atoms. The van der Waals surface area contributed by atoms with Crippen molar-refractivity contribution in [1.82, 2.24) is 0 Å². The Kier molecular flexibility index (Phi) is 4.37. The summed E-state index contributed by atoms with van der Waals surface area (Å²) in [5, 5.41) is 14.3. The summed E-state index contributed by atoms with van der Waals surface area (Å²) >= 11 is 3.26. The van der Waals surface area contributed by atoms with E-state index >= 15 is 0 Å². The smallest absolute Gasteiger partial charge is 0.283 e. The number of halogens is 1. The summed E-state index contributed by atoms with van der Waals surface area (Å²) in [5.74, 6) is 0.604. The van der Waals surface area contributed by atoms with Gasteiger partial charge in [-0.3, -0.25) is 10.1 Å². The van der Waals surface area contributed by atoms with Gasteiger partial charge in [0, 0.05) is 17.8 Å². The van der Waals surface area contributed by atoms with E-state index in [9.17, 15) is 10.1 Å². The van der Waals surface area contributed by atoms with Crippen LogP contribution < -0.4 is 5.32 Å². The number of anilines is 1. The lowest BCUT2D eigenvalue weighted by molar-refractivity contribution is -0.385. The molecule has 1 N–H and O–H groups in total. The zero-order valence-corrected chi connectivity index (χ0v) is 13.7. The lowest BCUT2D eigenvalue weighted by Gasteiger charge is -2.40. The van der Waals surface area contributed by atoms with Crippen molar-refractivity contribution < 1.29 is 4.92 Å². The highest BCUT2D eigenvalue weighted by atomic mass is 79.9.